The van der Waals surface area contributed by atoms with Crippen molar-refractivity contribution in [3.63, 3.8) is 0 Å². The summed E-state index contributed by atoms with van der Waals surface area (Å²) in [7, 11) is 0. The predicted molar refractivity (Wildman–Crippen MR) is 110 cm³/mol. The minimum Gasteiger partial charge on any atom is -0.477 e. The standard InChI is InChI=1S/C25H18O4/c26-23(27)24-28-22-16-18-10-8-7-9-17(18)15-21(22)25(29-24,19-11-3-1-4-12-19)20-13-5-2-6-14-20/h1-16,24H,(H,26,27). The van der Waals surface area contributed by atoms with Crippen molar-refractivity contribution in [1.82, 2.24) is 0 Å². The molecule has 4 heteroatoms. The largest absolute Gasteiger partial charge is 0.477 e. The fourth-order valence-electron chi connectivity index (χ4n) is 4.02. The molecule has 0 fully saturated rings. The molecular formula is C25H18O4. The Bertz CT molecular complexity index is 1150. The summed E-state index contributed by atoms with van der Waals surface area (Å²) in [5.41, 5.74) is 1.36. The minimum absolute atomic E-state index is 0.509. The number of rotatable bonds is 3. The summed E-state index contributed by atoms with van der Waals surface area (Å²) in [5.74, 6) is -0.657. The first-order valence-electron chi connectivity index (χ1n) is 9.40. The average Bonchev–Trinajstić information content (AvgIpc) is 2.78. The monoisotopic (exact) mass is 382 g/mol. The molecule has 5 rings (SSSR count). The lowest BCUT2D eigenvalue weighted by Gasteiger charge is -2.42. The van der Waals surface area contributed by atoms with E-state index < -0.39 is 17.9 Å². The lowest BCUT2D eigenvalue weighted by Crippen LogP contribution is -2.46. The number of benzene rings is 4. The SMILES string of the molecule is O=C(O)C1Oc2cc3ccccc3cc2C(c2ccccc2)(c2ccccc2)O1. The van der Waals surface area contributed by atoms with Crippen molar-refractivity contribution in [3.05, 3.63) is 114 Å². The summed E-state index contributed by atoms with van der Waals surface area (Å²) >= 11 is 0. The number of fused-ring (bicyclic) bond motifs is 2. The molecule has 1 aliphatic heterocycles. The van der Waals surface area contributed by atoms with Crippen molar-refractivity contribution in [2.45, 2.75) is 11.9 Å². The molecule has 0 aliphatic carbocycles. The van der Waals surface area contributed by atoms with Gasteiger partial charge in [-0.3, -0.25) is 0 Å². The molecule has 0 spiro atoms. The molecule has 0 bridgehead atoms. The number of carbonyl (C=O) groups is 1. The van der Waals surface area contributed by atoms with Gasteiger partial charge in [0, 0.05) is 5.56 Å². The second-order valence-electron chi connectivity index (χ2n) is 7.01. The van der Waals surface area contributed by atoms with E-state index in [4.69, 9.17) is 9.47 Å². The fraction of sp³-hybridized carbons (Fsp3) is 0.0800. The number of carboxylic acids is 1. The molecule has 142 valence electrons. The summed E-state index contributed by atoms with van der Waals surface area (Å²) in [5, 5.41) is 11.8. The van der Waals surface area contributed by atoms with Gasteiger partial charge < -0.3 is 14.6 Å². The Balaban J connectivity index is 1.88. The van der Waals surface area contributed by atoms with Crippen molar-refractivity contribution >= 4 is 16.7 Å². The zero-order chi connectivity index (χ0) is 19.8. The number of ether oxygens (including phenoxy) is 2. The Kier molecular flexibility index (Phi) is 4.07. The molecule has 4 aromatic carbocycles. The average molecular weight is 382 g/mol. The molecule has 0 saturated heterocycles. The van der Waals surface area contributed by atoms with Crippen molar-refractivity contribution in [1.29, 1.82) is 0 Å². The van der Waals surface area contributed by atoms with Crippen LogP contribution in [0.5, 0.6) is 5.75 Å². The van der Waals surface area contributed by atoms with Gasteiger partial charge in [0.05, 0.1) is 0 Å². The van der Waals surface area contributed by atoms with E-state index >= 15 is 0 Å². The summed E-state index contributed by atoms with van der Waals surface area (Å²) < 4.78 is 12.0. The molecule has 1 heterocycles. The molecule has 4 aromatic rings. The van der Waals surface area contributed by atoms with Crippen LogP contribution < -0.4 is 4.74 Å². The van der Waals surface area contributed by atoms with Gasteiger partial charge in [-0.15, -0.1) is 0 Å². The third-order valence-corrected chi connectivity index (χ3v) is 5.31. The summed E-state index contributed by atoms with van der Waals surface area (Å²) in [6, 6.07) is 31.2. The van der Waals surface area contributed by atoms with Crippen LogP contribution in [0.3, 0.4) is 0 Å². The molecule has 0 aromatic heterocycles. The van der Waals surface area contributed by atoms with Gasteiger partial charge in [-0.25, -0.2) is 4.79 Å². The molecule has 0 radical (unpaired) electrons. The van der Waals surface area contributed by atoms with Gasteiger partial charge in [-0.2, -0.15) is 0 Å². The second-order valence-corrected chi connectivity index (χ2v) is 7.01. The Morgan fingerprint density at radius 1 is 0.759 bits per heavy atom. The van der Waals surface area contributed by atoms with Crippen LogP contribution in [0.25, 0.3) is 10.8 Å². The Morgan fingerprint density at radius 3 is 1.83 bits per heavy atom. The van der Waals surface area contributed by atoms with E-state index in [-0.39, 0.29) is 0 Å². The Labute approximate surface area is 167 Å². The van der Waals surface area contributed by atoms with Crippen LogP contribution in [0.15, 0.2) is 97.1 Å². The van der Waals surface area contributed by atoms with Crippen LogP contribution in [0, 0.1) is 0 Å². The zero-order valence-electron chi connectivity index (χ0n) is 15.5. The van der Waals surface area contributed by atoms with Crippen molar-refractivity contribution in [3.8, 4) is 5.75 Å². The van der Waals surface area contributed by atoms with Gasteiger partial charge >= 0.3 is 12.3 Å². The smallest absolute Gasteiger partial charge is 0.373 e. The molecule has 29 heavy (non-hydrogen) atoms. The molecule has 1 unspecified atom stereocenters. The molecule has 4 nitrogen and oxygen atoms in total. The molecule has 1 N–H and O–H groups in total. The van der Waals surface area contributed by atoms with Crippen molar-refractivity contribution in [2.75, 3.05) is 0 Å². The molecule has 0 saturated carbocycles. The maximum Gasteiger partial charge on any atom is 0.373 e. The van der Waals surface area contributed by atoms with Crippen LogP contribution in [-0.4, -0.2) is 17.4 Å². The van der Waals surface area contributed by atoms with Gasteiger partial charge in [0.1, 0.15) is 5.75 Å². The van der Waals surface area contributed by atoms with Gasteiger partial charge in [-0.05, 0) is 34.0 Å². The summed E-state index contributed by atoms with van der Waals surface area (Å²) in [6.45, 7) is 0. The molecule has 0 amide bonds. The summed E-state index contributed by atoms with van der Waals surface area (Å²) in [6.07, 6.45) is -1.43. The number of aliphatic carboxylic acids is 1. The van der Waals surface area contributed by atoms with E-state index in [0.29, 0.717) is 5.75 Å². The van der Waals surface area contributed by atoms with E-state index in [9.17, 15) is 9.90 Å². The number of hydrogen-bond acceptors (Lipinski definition) is 3. The number of carboxylic acid groups (broad SMARTS) is 1. The molecule has 1 atom stereocenters. The topological polar surface area (TPSA) is 55.8 Å². The third-order valence-electron chi connectivity index (χ3n) is 5.31. The van der Waals surface area contributed by atoms with Gasteiger partial charge in [-0.1, -0.05) is 84.9 Å². The third kappa shape index (κ3) is 2.77. The number of hydrogen-bond donors (Lipinski definition) is 1. The van der Waals surface area contributed by atoms with Gasteiger partial charge in [0.25, 0.3) is 0 Å². The van der Waals surface area contributed by atoms with Crippen LogP contribution >= 0.6 is 0 Å². The quantitative estimate of drug-likeness (QED) is 0.545. The molecular weight excluding hydrogens is 364 g/mol. The van der Waals surface area contributed by atoms with Crippen molar-refractivity contribution in [2.24, 2.45) is 0 Å². The van der Waals surface area contributed by atoms with Crippen LogP contribution in [-0.2, 0) is 15.1 Å². The van der Waals surface area contributed by atoms with Crippen LogP contribution in [0.4, 0.5) is 0 Å². The minimum atomic E-state index is -1.43. The highest BCUT2D eigenvalue weighted by Crippen LogP contribution is 2.49. The van der Waals surface area contributed by atoms with E-state index in [1.54, 1.807) is 0 Å². The highest BCUT2D eigenvalue weighted by Gasteiger charge is 2.48. The Hall–Kier alpha value is -3.63. The van der Waals surface area contributed by atoms with Crippen LogP contribution in [0.2, 0.25) is 0 Å². The zero-order valence-corrected chi connectivity index (χ0v) is 15.5. The first-order chi connectivity index (χ1) is 14.2. The highest BCUT2D eigenvalue weighted by atomic mass is 16.7. The van der Waals surface area contributed by atoms with Gasteiger partial charge in [0.15, 0.2) is 5.60 Å². The highest BCUT2D eigenvalue weighted by molar-refractivity contribution is 5.86. The van der Waals surface area contributed by atoms with Crippen LogP contribution in [0.1, 0.15) is 16.7 Å². The van der Waals surface area contributed by atoms with E-state index in [1.165, 1.54) is 0 Å². The van der Waals surface area contributed by atoms with E-state index in [2.05, 4.69) is 0 Å². The maximum absolute atomic E-state index is 11.9. The van der Waals surface area contributed by atoms with E-state index in [0.717, 1.165) is 27.5 Å². The first-order valence-corrected chi connectivity index (χ1v) is 9.40. The Morgan fingerprint density at radius 2 is 1.28 bits per heavy atom. The van der Waals surface area contributed by atoms with Crippen molar-refractivity contribution < 1.29 is 19.4 Å². The van der Waals surface area contributed by atoms with E-state index in [1.807, 2.05) is 97.1 Å². The summed E-state index contributed by atoms with van der Waals surface area (Å²) in [4.78, 5) is 11.9. The normalized spacial score (nSPS) is 17.3. The lowest BCUT2D eigenvalue weighted by molar-refractivity contribution is -0.196. The fourth-order valence-corrected chi connectivity index (χ4v) is 4.02. The van der Waals surface area contributed by atoms with Gasteiger partial charge in [0.2, 0.25) is 0 Å². The molecule has 1 aliphatic rings. The lowest BCUT2D eigenvalue weighted by atomic mass is 9.78. The maximum atomic E-state index is 11.9. The predicted octanol–water partition coefficient (Wildman–Crippen LogP) is 4.95. The first kappa shape index (κ1) is 17.5. The second kappa shape index (κ2) is 6.76.